The van der Waals surface area contributed by atoms with Gasteiger partial charge in [-0.3, -0.25) is 9.59 Å². The second-order valence-corrected chi connectivity index (χ2v) is 5.95. The number of aromatic amines is 1. The van der Waals surface area contributed by atoms with Gasteiger partial charge in [-0.15, -0.1) is 0 Å². The number of hydrogen-bond acceptors (Lipinski definition) is 7. The van der Waals surface area contributed by atoms with E-state index in [0.717, 1.165) is 32.5 Å². The summed E-state index contributed by atoms with van der Waals surface area (Å²) in [6.07, 6.45) is 0.142. The van der Waals surface area contributed by atoms with Crippen molar-refractivity contribution < 1.29 is 38.1 Å². The van der Waals surface area contributed by atoms with E-state index >= 15 is 0 Å². The first kappa shape index (κ1) is 22.0. The van der Waals surface area contributed by atoms with Gasteiger partial charge in [0, 0.05) is 36.4 Å². The molecule has 2 rings (SSSR count). The van der Waals surface area contributed by atoms with Crippen molar-refractivity contribution in [3.8, 4) is 5.75 Å². The van der Waals surface area contributed by atoms with Crippen molar-refractivity contribution in [1.29, 1.82) is 0 Å². The molecule has 0 saturated heterocycles. The fourth-order valence-corrected chi connectivity index (χ4v) is 2.46. The van der Waals surface area contributed by atoms with Crippen LogP contribution >= 0.6 is 0 Å². The van der Waals surface area contributed by atoms with Crippen molar-refractivity contribution in [2.75, 3.05) is 14.2 Å². The second-order valence-electron chi connectivity index (χ2n) is 5.95. The standard InChI is InChI=1S/C18H18F2N2O7/c1-28-15-13(16(24)29-2)21-8-10(14(15)23)6-18(26,27)17(25)22-7-9-3-4-11(19)5-12(9)20/h3-5,8,26-27H,6-7H2,1-2H3,(H,21,23)(H,22,25). The summed E-state index contributed by atoms with van der Waals surface area (Å²) in [4.78, 5) is 38.6. The predicted molar refractivity (Wildman–Crippen MR) is 94.0 cm³/mol. The molecule has 1 aromatic carbocycles. The van der Waals surface area contributed by atoms with Crippen molar-refractivity contribution in [3.05, 3.63) is 63.1 Å². The third kappa shape index (κ3) is 4.95. The third-order valence-electron chi connectivity index (χ3n) is 3.96. The summed E-state index contributed by atoms with van der Waals surface area (Å²) in [6, 6.07) is 2.67. The van der Waals surface area contributed by atoms with Crippen LogP contribution in [-0.4, -0.2) is 47.1 Å². The zero-order chi connectivity index (χ0) is 21.8. The molecular weight excluding hydrogens is 394 g/mol. The molecule has 1 heterocycles. The van der Waals surface area contributed by atoms with Gasteiger partial charge in [-0.2, -0.15) is 0 Å². The summed E-state index contributed by atoms with van der Waals surface area (Å²) >= 11 is 0. The Labute approximate surface area is 162 Å². The van der Waals surface area contributed by atoms with Crippen LogP contribution in [0.4, 0.5) is 8.78 Å². The van der Waals surface area contributed by atoms with Gasteiger partial charge in [-0.1, -0.05) is 6.07 Å². The number of nitrogens with one attached hydrogen (secondary N) is 2. The number of hydrogen-bond donors (Lipinski definition) is 4. The van der Waals surface area contributed by atoms with E-state index in [1.807, 2.05) is 0 Å². The quantitative estimate of drug-likeness (QED) is 0.371. The predicted octanol–water partition coefficient (Wildman–Crippen LogP) is -0.0119. The Morgan fingerprint density at radius 1 is 1.21 bits per heavy atom. The molecule has 0 aliphatic carbocycles. The number of ether oxygens (including phenoxy) is 2. The molecule has 0 aliphatic heterocycles. The molecule has 29 heavy (non-hydrogen) atoms. The first-order valence-corrected chi connectivity index (χ1v) is 8.14. The summed E-state index contributed by atoms with van der Waals surface area (Å²) in [5, 5.41) is 22.2. The van der Waals surface area contributed by atoms with Gasteiger partial charge in [0.2, 0.25) is 11.2 Å². The minimum atomic E-state index is -3.04. The van der Waals surface area contributed by atoms with Crippen LogP contribution < -0.4 is 15.5 Å². The zero-order valence-electron chi connectivity index (χ0n) is 15.4. The van der Waals surface area contributed by atoms with Crippen molar-refractivity contribution in [1.82, 2.24) is 10.3 Å². The molecule has 0 saturated carbocycles. The van der Waals surface area contributed by atoms with Crippen molar-refractivity contribution in [3.63, 3.8) is 0 Å². The smallest absolute Gasteiger partial charge is 0.358 e. The van der Waals surface area contributed by atoms with Gasteiger partial charge in [0.15, 0.2) is 11.4 Å². The highest BCUT2D eigenvalue weighted by atomic mass is 19.1. The normalized spacial score (nSPS) is 11.1. The Bertz CT molecular complexity index is 989. The van der Waals surface area contributed by atoms with Crippen molar-refractivity contribution in [2.45, 2.75) is 18.8 Å². The Kier molecular flexibility index (Phi) is 6.67. The molecule has 9 nitrogen and oxygen atoms in total. The van der Waals surface area contributed by atoms with E-state index in [1.54, 1.807) is 0 Å². The van der Waals surface area contributed by atoms with E-state index in [4.69, 9.17) is 4.74 Å². The topological polar surface area (TPSA) is 138 Å². The number of esters is 1. The second kappa shape index (κ2) is 8.80. The van der Waals surface area contributed by atoms with E-state index in [1.165, 1.54) is 0 Å². The number of amides is 1. The number of carbonyl (C=O) groups excluding carboxylic acids is 2. The van der Waals surface area contributed by atoms with E-state index in [2.05, 4.69) is 15.0 Å². The number of aliphatic hydroxyl groups is 2. The molecule has 0 aliphatic rings. The lowest BCUT2D eigenvalue weighted by molar-refractivity contribution is -0.184. The number of carbonyl (C=O) groups is 2. The zero-order valence-corrected chi connectivity index (χ0v) is 15.4. The molecule has 2 aromatic rings. The molecule has 4 N–H and O–H groups in total. The highest BCUT2D eigenvalue weighted by molar-refractivity contribution is 5.90. The molecule has 0 atom stereocenters. The fourth-order valence-electron chi connectivity index (χ4n) is 2.46. The Morgan fingerprint density at radius 2 is 1.90 bits per heavy atom. The lowest BCUT2D eigenvalue weighted by Gasteiger charge is -2.21. The number of aromatic nitrogens is 1. The molecule has 0 unspecified atom stereocenters. The number of halogens is 2. The largest absolute Gasteiger partial charge is 0.491 e. The minimum absolute atomic E-state index is 0.0857. The molecule has 0 bridgehead atoms. The number of rotatable bonds is 7. The van der Waals surface area contributed by atoms with Crippen LogP contribution in [0, 0.1) is 11.6 Å². The SMILES string of the molecule is COC(=O)c1[nH]cc(CC(O)(O)C(=O)NCc2ccc(F)cc2F)c(=O)c1OC. The highest BCUT2D eigenvalue weighted by Gasteiger charge is 2.35. The van der Waals surface area contributed by atoms with Crippen LogP contribution in [0.2, 0.25) is 0 Å². The Balaban J connectivity index is 2.18. The number of methoxy groups -OCH3 is 2. The van der Waals surface area contributed by atoms with E-state index in [9.17, 15) is 33.4 Å². The van der Waals surface area contributed by atoms with Crippen LogP contribution in [0.3, 0.4) is 0 Å². The van der Waals surface area contributed by atoms with E-state index < -0.39 is 53.4 Å². The van der Waals surface area contributed by atoms with Gasteiger partial charge in [-0.25, -0.2) is 13.6 Å². The lowest BCUT2D eigenvalue weighted by atomic mass is 10.0. The van der Waals surface area contributed by atoms with Crippen LogP contribution in [-0.2, 0) is 22.5 Å². The molecule has 1 aromatic heterocycles. The molecule has 0 spiro atoms. The highest BCUT2D eigenvalue weighted by Crippen LogP contribution is 2.16. The average molecular weight is 412 g/mol. The summed E-state index contributed by atoms with van der Waals surface area (Å²) in [5.74, 6) is -7.41. The summed E-state index contributed by atoms with van der Waals surface area (Å²) < 4.78 is 35.9. The van der Waals surface area contributed by atoms with Gasteiger partial charge < -0.3 is 30.0 Å². The average Bonchev–Trinajstić information content (AvgIpc) is 2.67. The first-order chi connectivity index (χ1) is 13.6. The Hall–Kier alpha value is -3.31. The summed E-state index contributed by atoms with van der Waals surface area (Å²) in [7, 11) is 2.21. The maximum Gasteiger partial charge on any atom is 0.358 e. The van der Waals surface area contributed by atoms with Crippen molar-refractivity contribution in [2.24, 2.45) is 0 Å². The number of pyridine rings is 1. The van der Waals surface area contributed by atoms with Crippen LogP contribution in [0.25, 0.3) is 0 Å². The van der Waals surface area contributed by atoms with E-state index in [-0.39, 0.29) is 16.8 Å². The molecule has 0 fully saturated rings. The van der Waals surface area contributed by atoms with Crippen LogP contribution in [0.5, 0.6) is 5.75 Å². The third-order valence-corrected chi connectivity index (χ3v) is 3.96. The summed E-state index contributed by atoms with van der Waals surface area (Å²) in [6.45, 7) is -0.450. The molecule has 0 radical (unpaired) electrons. The van der Waals surface area contributed by atoms with Crippen molar-refractivity contribution >= 4 is 11.9 Å². The Morgan fingerprint density at radius 3 is 2.48 bits per heavy atom. The van der Waals surface area contributed by atoms with Gasteiger partial charge in [0.05, 0.1) is 14.2 Å². The summed E-state index contributed by atoms with van der Waals surface area (Å²) in [5.41, 5.74) is -1.52. The van der Waals surface area contributed by atoms with E-state index in [0.29, 0.717) is 6.07 Å². The minimum Gasteiger partial charge on any atom is -0.491 e. The molecule has 1 amide bonds. The first-order valence-electron chi connectivity index (χ1n) is 8.14. The molecule has 11 heteroatoms. The van der Waals surface area contributed by atoms with Gasteiger partial charge >= 0.3 is 5.97 Å². The van der Waals surface area contributed by atoms with Gasteiger partial charge in [0.25, 0.3) is 5.91 Å². The fraction of sp³-hybridized carbons (Fsp3) is 0.278. The van der Waals surface area contributed by atoms with Gasteiger partial charge in [-0.05, 0) is 6.07 Å². The number of H-pyrrole nitrogens is 1. The lowest BCUT2D eigenvalue weighted by Crippen LogP contribution is -2.49. The van der Waals surface area contributed by atoms with Gasteiger partial charge in [0.1, 0.15) is 11.6 Å². The maximum atomic E-state index is 13.6. The maximum absolute atomic E-state index is 13.6. The molecule has 156 valence electrons. The van der Waals surface area contributed by atoms with Crippen LogP contribution in [0.1, 0.15) is 21.6 Å². The number of benzene rings is 1. The molecular formula is C18H18F2N2O7. The monoisotopic (exact) mass is 412 g/mol. The van der Waals surface area contributed by atoms with Crippen LogP contribution in [0.15, 0.2) is 29.2 Å².